The number of rotatable bonds is 2. The van der Waals surface area contributed by atoms with Gasteiger partial charge in [-0.2, -0.15) is 13.2 Å². The molecule has 0 saturated carbocycles. The summed E-state index contributed by atoms with van der Waals surface area (Å²) in [5.41, 5.74) is -0.549. The van der Waals surface area contributed by atoms with Gasteiger partial charge >= 0.3 is 6.18 Å². The summed E-state index contributed by atoms with van der Waals surface area (Å²) >= 11 is 0. The lowest BCUT2D eigenvalue weighted by molar-refractivity contribution is -0.137. The van der Waals surface area contributed by atoms with Gasteiger partial charge in [-0.25, -0.2) is 0 Å². The van der Waals surface area contributed by atoms with E-state index in [1.807, 2.05) is 13.8 Å². The van der Waals surface area contributed by atoms with Crippen molar-refractivity contribution in [3.63, 3.8) is 0 Å². The maximum absolute atomic E-state index is 12.6. The Morgan fingerprint density at radius 2 is 1.94 bits per heavy atom. The molecule has 5 heteroatoms. The van der Waals surface area contributed by atoms with E-state index < -0.39 is 11.7 Å². The summed E-state index contributed by atoms with van der Waals surface area (Å²) in [6, 6.07) is 3.55. The third-order valence-electron chi connectivity index (χ3n) is 3.52. The number of anilines is 1. The van der Waals surface area contributed by atoms with Gasteiger partial charge in [0.15, 0.2) is 0 Å². The lowest BCUT2D eigenvalue weighted by atomic mass is 9.95. The predicted octanol–water partition coefficient (Wildman–Crippen LogP) is 4.07. The maximum Gasteiger partial charge on any atom is 0.416 e. The molecule has 100 valence electrons. The van der Waals surface area contributed by atoms with E-state index in [1.165, 1.54) is 6.07 Å². The second kappa shape index (κ2) is 4.37. The van der Waals surface area contributed by atoms with Gasteiger partial charge in [-0.3, -0.25) is 0 Å². The standard InChI is InChI=1S/C13H16F3NO/c1-3-12(4-2)8-17-10-7-9(13(14,15)16)5-6-11(10)18-12/h5-7,17H,3-4,8H2,1-2H3. The van der Waals surface area contributed by atoms with Gasteiger partial charge in [0.25, 0.3) is 0 Å². The average molecular weight is 259 g/mol. The minimum absolute atomic E-state index is 0.313. The SMILES string of the molecule is CCC1(CC)CNc2cc(C(F)(F)F)ccc2O1. The molecule has 18 heavy (non-hydrogen) atoms. The fourth-order valence-corrected chi connectivity index (χ4v) is 2.10. The monoisotopic (exact) mass is 259 g/mol. The Balaban J connectivity index is 2.31. The fraction of sp³-hybridized carbons (Fsp3) is 0.538. The first kappa shape index (κ1) is 13.1. The molecule has 0 spiro atoms. The number of ether oxygens (including phenoxy) is 1. The molecule has 0 atom stereocenters. The first-order valence-corrected chi connectivity index (χ1v) is 6.04. The van der Waals surface area contributed by atoms with Gasteiger partial charge < -0.3 is 10.1 Å². The normalized spacial score (nSPS) is 17.6. The van der Waals surface area contributed by atoms with E-state index >= 15 is 0 Å². The highest BCUT2D eigenvalue weighted by Gasteiger charge is 2.35. The molecular weight excluding hydrogens is 243 g/mol. The Hall–Kier alpha value is -1.39. The van der Waals surface area contributed by atoms with Crippen molar-refractivity contribution in [3.8, 4) is 5.75 Å². The van der Waals surface area contributed by atoms with Crippen LogP contribution in [0.2, 0.25) is 0 Å². The number of hydrogen-bond donors (Lipinski definition) is 1. The highest BCUT2D eigenvalue weighted by molar-refractivity contribution is 5.60. The van der Waals surface area contributed by atoms with Crippen LogP contribution >= 0.6 is 0 Å². The molecule has 0 radical (unpaired) electrons. The van der Waals surface area contributed by atoms with Gasteiger partial charge in [-0.1, -0.05) is 13.8 Å². The molecule has 0 saturated heterocycles. The summed E-state index contributed by atoms with van der Waals surface area (Å²) in [7, 11) is 0. The van der Waals surface area contributed by atoms with Crippen molar-refractivity contribution in [2.45, 2.75) is 38.5 Å². The van der Waals surface area contributed by atoms with Crippen LogP contribution < -0.4 is 10.1 Å². The number of hydrogen-bond acceptors (Lipinski definition) is 2. The molecule has 0 fully saturated rings. The van der Waals surface area contributed by atoms with Crippen molar-refractivity contribution in [1.29, 1.82) is 0 Å². The zero-order chi connectivity index (χ0) is 13.4. The number of halogens is 3. The van der Waals surface area contributed by atoms with Crippen LogP contribution in [0, 0.1) is 0 Å². The first-order chi connectivity index (χ1) is 8.40. The van der Waals surface area contributed by atoms with E-state index in [1.54, 1.807) is 0 Å². The quantitative estimate of drug-likeness (QED) is 0.864. The summed E-state index contributed by atoms with van der Waals surface area (Å²) in [5, 5.41) is 3.04. The van der Waals surface area contributed by atoms with Gasteiger partial charge in [-0.05, 0) is 31.0 Å². The molecule has 1 aromatic rings. The topological polar surface area (TPSA) is 21.3 Å². The summed E-state index contributed by atoms with van der Waals surface area (Å²) in [6.07, 6.45) is -2.69. The number of alkyl halides is 3. The average Bonchev–Trinajstić information content (AvgIpc) is 2.36. The molecule has 1 heterocycles. The predicted molar refractivity (Wildman–Crippen MR) is 63.9 cm³/mol. The molecule has 0 aliphatic carbocycles. The van der Waals surface area contributed by atoms with Gasteiger partial charge in [0, 0.05) is 0 Å². The molecule has 2 nitrogen and oxygen atoms in total. The Morgan fingerprint density at radius 1 is 1.28 bits per heavy atom. The van der Waals surface area contributed by atoms with Crippen molar-refractivity contribution < 1.29 is 17.9 Å². The van der Waals surface area contributed by atoms with Gasteiger partial charge in [0.2, 0.25) is 0 Å². The summed E-state index contributed by atoms with van der Waals surface area (Å²) in [6.45, 7) is 4.56. The Bertz CT molecular complexity index is 438. The molecule has 1 N–H and O–H groups in total. The Labute approximate surface area is 104 Å². The number of nitrogens with one attached hydrogen (secondary N) is 1. The van der Waals surface area contributed by atoms with Crippen LogP contribution in [0.3, 0.4) is 0 Å². The largest absolute Gasteiger partial charge is 0.483 e. The van der Waals surface area contributed by atoms with Gasteiger partial charge in [0.1, 0.15) is 11.4 Å². The number of fused-ring (bicyclic) bond motifs is 1. The van der Waals surface area contributed by atoms with E-state index in [0.717, 1.165) is 25.0 Å². The summed E-state index contributed by atoms with van der Waals surface area (Å²) in [4.78, 5) is 0. The highest BCUT2D eigenvalue weighted by Crippen LogP contribution is 2.39. The van der Waals surface area contributed by atoms with E-state index in [0.29, 0.717) is 18.0 Å². The van der Waals surface area contributed by atoms with Crippen LogP contribution in [-0.2, 0) is 6.18 Å². The van der Waals surface area contributed by atoms with E-state index in [-0.39, 0.29) is 5.60 Å². The zero-order valence-electron chi connectivity index (χ0n) is 10.4. The van der Waals surface area contributed by atoms with Crippen LogP contribution in [-0.4, -0.2) is 12.1 Å². The van der Waals surface area contributed by atoms with Crippen molar-refractivity contribution in [3.05, 3.63) is 23.8 Å². The second-order valence-electron chi connectivity index (χ2n) is 4.55. The fourth-order valence-electron chi connectivity index (χ4n) is 2.10. The number of benzene rings is 1. The minimum Gasteiger partial charge on any atom is -0.483 e. The second-order valence-corrected chi connectivity index (χ2v) is 4.55. The molecule has 0 bridgehead atoms. The van der Waals surface area contributed by atoms with E-state index in [2.05, 4.69) is 5.32 Å². The van der Waals surface area contributed by atoms with Crippen molar-refractivity contribution in [2.75, 3.05) is 11.9 Å². The van der Waals surface area contributed by atoms with Gasteiger partial charge in [-0.15, -0.1) is 0 Å². The zero-order valence-corrected chi connectivity index (χ0v) is 10.4. The Morgan fingerprint density at radius 3 is 2.50 bits per heavy atom. The summed E-state index contributed by atoms with van der Waals surface area (Å²) in [5.74, 6) is 0.498. The van der Waals surface area contributed by atoms with E-state index in [4.69, 9.17) is 4.74 Å². The first-order valence-electron chi connectivity index (χ1n) is 6.04. The van der Waals surface area contributed by atoms with Crippen LogP contribution in [0.15, 0.2) is 18.2 Å². The molecular formula is C13H16F3NO. The van der Waals surface area contributed by atoms with Crippen LogP contribution in [0.4, 0.5) is 18.9 Å². The molecule has 0 aromatic heterocycles. The van der Waals surface area contributed by atoms with Crippen LogP contribution in [0.1, 0.15) is 32.3 Å². The minimum atomic E-state index is -4.32. The van der Waals surface area contributed by atoms with Crippen molar-refractivity contribution in [1.82, 2.24) is 0 Å². The lowest BCUT2D eigenvalue weighted by Gasteiger charge is -2.38. The van der Waals surface area contributed by atoms with Crippen molar-refractivity contribution in [2.24, 2.45) is 0 Å². The van der Waals surface area contributed by atoms with Crippen molar-refractivity contribution >= 4 is 5.69 Å². The van der Waals surface area contributed by atoms with Crippen LogP contribution in [0.5, 0.6) is 5.75 Å². The molecule has 1 aromatic carbocycles. The highest BCUT2D eigenvalue weighted by atomic mass is 19.4. The lowest BCUT2D eigenvalue weighted by Crippen LogP contribution is -2.44. The Kier molecular flexibility index (Phi) is 3.17. The third-order valence-corrected chi connectivity index (χ3v) is 3.52. The molecule has 1 aliphatic rings. The summed E-state index contributed by atoms with van der Waals surface area (Å²) < 4.78 is 43.6. The van der Waals surface area contributed by atoms with Crippen LogP contribution in [0.25, 0.3) is 0 Å². The smallest absolute Gasteiger partial charge is 0.416 e. The molecule has 2 rings (SSSR count). The maximum atomic E-state index is 12.6. The molecule has 0 amide bonds. The molecule has 0 unspecified atom stereocenters. The third kappa shape index (κ3) is 2.26. The van der Waals surface area contributed by atoms with E-state index in [9.17, 15) is 13.2 Å². The molecule has 1 aliphatic heterocycles. The van der Waals surface area contributed by atoms with Gasteiger partial charge in [0.05, 0.1) is 17.8 Å².